The Labute approximate surface area is 131 Å². The highest BCUT2D eigenvalue weighted by molar-refractivity contribution is 5.97. The van der Waals surface area contributed by atoms with Crippen LogP contribution in [0.25, 0.3) is 0 Å². The summed E-state index contributed by atoms with van der Waals surface area (Å²) in [4.78, 5) is 15.3. The van der Waals surface area contributed by atoms with Gasteiger partial charge in [0, 0.05) is 24.3 Å². The number of rotatable bonds is 1. The predicted molar refractivity (Wildman–Crippen MR) is 86.3 cm³/mol. The molecular weight excluding hydrogens is 276 g/mol. The second kappa shape index (κ2) is 5.92. The first kappa shape index (κ1) is 14.1. The number of hydrogen-bond acceptors (Lipinski definition) is 3. The van der Waals surface area contributed by atoms with E-state index in [2.05, 4.69) is 16.3 Å². The number of fused-ring (bicyclic) bond motifs is 2. The van der Waals surface area contributed by atoms with E-state index in [-0.39, 0.29) is 18.1 Å². The molecule has 1 saturated carbocycles. The van der Waals surface area contributed by atoms with Crippen LogP contribution in [-0.2, 0) is 11.2 Å². The van der Waals surface area contributed by atoms with Crippen LogP contribution in [0.15, 0.2) is 18.2 Å². The number of benzene rings is 1. The van der Waals surface area contributed by atoms with Gasteiger partial charge in [-0.15, -0.1) is 0 Å². The summed E-state index contributed by atoms with van der Waals surface area (Å²) in [5, 5.41) is 3.42. The maximum Gasteiger partial charge on any atom is 0.254 e. The molecule has 2 atom stereocenters. The van der Waals surface area contributed by atoms with Crippen LogP contribution in [0.2, 0.25) is 0 Å². The molecule has 0 aromatic heterocycles. The van der Waals surface area contributed by atoms with Crippen LogP contribution in [0.3, 0.4) is 0 Å². The molecule has 1 aliphatic carbocycles. The first-order valence-electron chi connectivity index (χ1n) is 8.63. The van der Waals surface area contributed by atoms with Crippen LogP contribution in [0.5, 0.6) is 0 Å². The van der Waals surface area contributed by atoms with Crippen molar-refractivity contribution < 1.29 is 9.53 Å². The zero-order chi connectivity index (χ0) is 14.9. The maximum absolute atomic E-state index is 13.2. The molecule has 3 aliphatic rings. The average molecular weight is 300 g/mol. The molecule has 2 fully saturated rings. The van der Waals surface area contributed by atoms with Gasteiger partial charge in [-0.25, -0.2) is 0 Å². The van der Waals surface area contributed by atoms with Gasteiger partial charge in [0.1, 0.15) is 0 Å². The highest BCUT2D eigenvalue weighted by Gasteiger charge is 2.37. The third-order valence-corrected chi connectivity index (χ3v) is 5.32. The van der Waals surface area contributed by atoms with Gasteiger partial charge in [0.2, 0.25) is 0 Å². The molecule has 0 spiro atoms. The molecule has 4 nitrogen and oxygen atoms in total. The minimum absolute atomic E-state index is 0.209. The van der Waals surface area contributed by atoms with Gasteiger partial charge in [-0.1, -0.05) is 18.9 Å². The number of ether oxygens (including phenoxy) is 1. The summed E-state index contributed by atoms with van der Waals surface area (Å²) in [7, 11) is 0. The van der Waals surface area contributed by atoms with Crippen molar-refractivity contribution in [2.45, 2.75) is 50.7 Å². The highest BCUT2D eigenvalue weighted by atomic mass is 16.5. The van der Waals surface area contributed by atoms with Gasteiger partial charge in [-0.05, 0) is 43.4 Å². The summed E-state index contributed by atoms with van der Waals surface area (Å²) in [6, 6.07) is 6.38. The summed E-state index contributed by atoms with van der Waals surface area (Å²) in [6.07, 6.45) is 6.99. The SMILES string of the molecule is O=C(c1cccc2c1CCCN2)N1CCOC2CCCCC21. The lowest BCUT2D eigenvalue weighted by Gasteiger charge is -2.44. The third-order valence-electron chi connectivity index (χ3n) is 5.32. The molecule has 1 saturated heterocycles. The third kappa shape index (κ3) is 2.39. The molecule has 4 heteroatoms. The average Bonchev–Trinajstić information content (AvgIpc) is 2.60. The lowest BCUT2D eigenvalue weighted by atomic mass is 9.89. The van der Waals surface area contributed by atoms with Crippen LogP contribution in [-0.4, -0.2) is 42.6 Å². The van der Waals surface area contributed by atoms with Crippen LogP contribution < -0.4 is 5.32 Å². The van der Waals surface area contributed by atoms with Crippen molar-refractivity contribution in [3.8, 4) is 0 Å². The minimum Gasteiger partial charge on any atom is -0.385 e. The summed E-state index contributed by atoms with van der Waals surface area (Å²) in [5.74, 6) is 0.209. The number of morpholine rings is 1. The summed E-state index contributed by atoms with van der Waals surface area (Å²) in [5.41, 5.74) is 3.25. The molecule has 1 N–H and O–H groups in total. The number of nitrogens with one attached hydrogen (secondary N) is 1. The van der Waals surface area contributed by atoms with E-state index < -0.39 is 0 Å². The normalized spacial score (nSPS) is 27.5. The second-order valence-corrected chi connectivity index (χ2v) is 6.62. The number of nitrogens with zero attached hydrogens (tertiary/aromatic N) is 1. The Bertz CT molecular complexity index is 570. The quantitative estimate of drug-likeness (QED) is 0.867. The Morgan fingerprint density at radius 3 is 3.09 bits per heavy atom. The molecule has 4 rings (SSSR count). The molecule has 0 radical (unpaired) electrons. The zero-order valence-electron chi connectivity index (χ0n) is 13.0. The van der Waals surface area contributed by atoms with Crippen molar-refractivity contribution in [2.75, 3.05) is 25.0 Å². The Morgan fingerprint density at radius 1 is 1.23 bits per heavy atom. The lowest BCUT2D eigenvalue weighted by Crippen LogP contribution is -2.55. The van der Waals surface area contributed by atoms with Crippen molar-refractivity contribution >= 4 is 11.6 Å². The largest absolute Gasteiger partial charge is 0.385 e. The maximum atomic E-state index is 13.2. The molecule has 22 heavy (non-hydrogen) atoms. The van der Waals surface area contributed by atoms with Gasteiger partial charge in [-0.2, -0.15) is 0 Å². The first-order chi connectivity index (χ1) is 10.8. The second-order valence-electron chi connectivity index (χ2n) is 6.62. The molecule has 1 aromatic rings. The Balaban J connectivity index is 1.63. The summed E-state index contributed by atoms with van der Waals surface area (Å²) < 4.78 is 5.90. The topological polar surface area (TPSA) is 41.6 Å². The summed E-state index contributed by atoms with van der Waals surface area (Å²) in [6.45, 7) is 2.42. The van der Waals surface area contributed by atoms with Gasteiger partial charge in [0.15, 0.2) is 0 Å². The van der Waals surface area contributed by atoms with E-state index in [4.69, 9.17) is 4.74 Å². The fraction of sp³-hybridized carbons (Fsp3) is 0.611. The van der Waals surface area contributed by atoms with Gasteiger partial charge in [0.05, 0.1) is 18.8 Å². The van der Waals surface area contributed by atoms with E-state index in [1.165, 1.54) is 18.4 Å². The van der Waals surface area contributed by atoms with E-state index >= 15 is 0 Å². The van der Waals surface area contributed by atoms with Crippen LogP contribution in [0, 0.1) is 0 Å². The van der Waals surface area contributed by atoms with E-state index in [9.17, 15) is 4.79 Å². The van der Waals surface area contributed by atoms with Crippen LogP contribution in [0.1, 0.15) is 48.0 Å². The van der Waals surface area contributed by atoms with Crippen molar-refractivity contribution in [3.63, 3.8) is 0 Å². The number of amides is 1. The lowest BCUT2D eigenvalue weighted by molar-refractivity contribution is -0.0753. The van der Waals surface area contributed by atoms with Crippen molar-refractivity contribution in [2.24, 2.45) is 0 Å². The van der Waals surface area contributed by atoms with E-state index in [1.807, 2.05) is 12.1 Å². The number of hydrogen-bond donors (Lipinski definition) is 1. The molecule has 1 amide bonds. The van der Waals surface area contributed by atoms with Crippen LogP contribution in [0.4, 0.5) is 5.69 Å². The molecule has 2 unspecified atom stereocenters. The molecule has 2 heterocycles. The predicted octanol–water partition coefficient (Wildman–Crippen LogP) is 2.83. The number of anilines is 1. The van der Waals surface area contributed by atoms with Crippen molar-refractivity contribution in [1.29, 1.82) is 0 Å². The number of carbonyl (C=O) groups is 1. The van der Waals surface area contributed by atoms with Gasteiger partial charge >= 0.3 is 0 Å². The molecule has 1 aromatic carbocycles. The Hall–Kier alpha value is -1.55. The van der Waals surface area contributed by atoms with Gasteiger partial charge in [-0.3, -0.25) is 4.79 Å². The number of carbonyl (C=O) groups excluding carboxylic acids is 1. The van der Waals surface area contributed by atoms with Crippen molar-refractivity contribution in [1.82, 2.24) is 4.90 Å². The van der Waals surface area contributed by atoms with E-state index in [0.29, 0.717) is 6.61 Å². The fourth-order valence-electron chi connectivity index (χ4n) is 4.21. The molecule has 118 valence electrons. The highest BCUT2D eigenvalue weighted by Crippen LogP contribution is 2.32. The zero-order valence-corrected chi connectivity index (χ0v) is 13.0. The van der Waals surface area contributed by atoms with Crippen LogP contribution >= 0.6 is 0 Å². The minimum atomic E-state index is 0.209. The first-order valence-corrected chi connectivity index (χ1v) is 8.63. The standard InChI is InChI=1S/C18H24N2O2/c21-18(14-5-3-7-15-13(14)6-4-10-19-15)20-11-12-22-17-9-2-1-8-16(17)20/h3,5,7,16-17,19H,1-2,4,6,8-12H2. The van der Waals surface area contributed by atoms with Crippen molar-refractivity contribution in [3.05, 3.63) is 29.3 Å². The Morgan fingerprint density at radius 2 is 2.14 bits per heavy atom. The molecule has 0 bridgehead atoms. The van der Waals surface area contributed by atoms with Gasteiger partial charge in [0.25, 0.3) is 5.91 Å². The monoisotopic (exact) mass is 300 g/mol. The van der Waals surface area contributed by atoms with E-state index in [1.54, 1.807) is 0 Å². The van der Waals surface area contributed by atoms with Gasteiger partial charge < -0.3 is 15.0 Å². The fourth-order valence-corrected chi connectivity index (χ4v) is 4.21. The smallest absolute Gasteiger partial charge is 0.254 e. The summed E-state index contributed by atoms with van der Waals surface area (Å²) >= 11 is 0. The molecular formula is C18H24N2O2. The Kier molecular flexibility index (Phi) is 3.78. The van der Waals surface area contributed by atoms with E-state index in [0.717, 1.165) is 50.0 Å². The molecule has 2 aliphatic heterocycles.